The van der Waals surface area contributed by atoms with Gasteiger partial charge in [-0.15, -0.1) is 0 Å². The van der Waals surface area contributed by atoms with Crippen molar-refractivity contribution in [3.63, 3.8) is 0 Å². The molecule has 1 fully saturated rings. The Morgan fingerprint density at radius 2 is 2.16 bits per heavy atom. The maximum atomic E-state index is 11.7. The second-order valence-corrected chi connectivity index (χ2v) is 4.88. The minimum atomic E-state index is -1.03. The summed E-state index contributed by atoms with van der Waals surface area (Å²) in [6, 6.07) is 4.81. The third-order valence-electron chi connectivity index (χ3n) is 3.41. The highest BCUT2D eigenvalue weighted by molar-refractivity contribution is 5.91. The molecule has 102 valence electrons. The van der Waals surface area contributed by atoms with Gasteiger partial charge in [0.25, 0.3) is 0 Å². The van der Waals surface area contributed by atoms with Crippen molar-refractivity contribution in [2.24, 2.45) is 11.8 Å². The van der Waals surface area contributed by atoms with Crippen molar-refractivity contribution in [3.8, 4) is 5.75 Å². The maximum absolute atomic E-state index is 11.7. The van der Waals surface area contributed by atoms with Gasteiger partial charge in [0.2, 0.25) is 5.91 Å². The zero-order valence-corrected chi connectivity index (χ0v) is 11.0. The monoisotopic (exact) mass is 263 g/mol. The summed E-state index contributed by atoms with van der Waals surface area (Å²) in [6.45, 7) is 2.44. The highest BCUT2D eigenvalue weighted by Gasteiger charge is 2.38. The molecule has 2 N–H and O–H groups in total. The van der Waals surface area contributed by atoms with Crippen LogP contribution in [0.25, 0.3) is 0 Å². The van der Waals surface area contributed by atoms with E-state index in [4.69, 9.17) is 9.84 Å². The van der Waals surface area contributed by atoms with Crippen LogP contribution in [-0.2, 0) is 11.3 Å². The van der Waals surface area contributed by atoms with Crippen LogP contribution in [0.3, 0.4) is 0 Å². The average molecular weight is 263 g/mol. The fourth-order valence-electron chi connectivity index (χ4n) is 2.03. The predicted molar refractivity (Wildman–Crippen MR) is 69.1 cm³/mol. The summed E-state index contributed by atoms with van der Waals surface area (Å²) in [4.78, 5) is 22.6. The van der Waals surface area contributed by atoms with Gasteiger partial charge in [0.05, 0.1) is 7.11 Å². The van der Waals surface area contributed by atoms with E-state index in [1.54, 1.807) is 12.1 Å². The van der Waals surface area contributed by atoms with Gasteiger partial charge in [0, 0.05) is 12.5 Å². The number of methoxy groups -OCH3 is 1. The number of hydrogen-bond acceptors (Lipinski definition) is 3. The number of carboxylic acid groups (broad SMARTS) is 1. The highest BCUT2D eigenvalue weighted by atomic mass is 16.5. The number of carbonyl (C=O) groups excluding carboxylic acids is 1. The van der Waals surface area contributed by atoms with Crippen molar-refractivity contribution < 1.29 is 19.4 Å². The molecule has 0 saturated heterocycles. The summed E-state index contributed by atoms with van der Waals surface area (Å²) in [6.07, 6.45) is 0.951. The third kappa shape index (κ3) is 3.05. The van der Waals surface area contributed by atoms with Crippen LogP contribution >= 0.6 is 0 Å². The Morgan fingerprint density at radius 3 is 2.68 bits per heavy atom. The summed E-state index contributed by atoms with van der Waals surface area (Å²) in [7, 11) is 1.43. The van der Waals surface area contributed by atoms with Crippen molar-refractivity contribution >= 4 is 11.9 Å². The average Bonchev–Trinajstić information content (AvgIpc) is 3.12. The fraction of sp³-hybridized carbons (Fsp3) is 0.429. The number of ether oxygens (including phenoxy) is 1. The number of amides is 1. The molecule has 1 amide bonds. The Morgan fingerprint density at radius 1 is 1.47 bits per heavy atom. The van der Waals surface area contributed by atoms with Gasteiger partial charge in [-0.2, -0.15) is 0 Å². The Labute approximate surface area is 111 Å². The molecule has 1 saturated carbocycles. The van der Waals surface area contributed by atoms with Crippen LogP contribution in [0, 0.1) is 11.8 Å². The molecule has 0 aliphatic heterocycles. The van der Waals surface area contributed by atoms with Gasteiger partial charge in [-0.3, -0.25) is 4.79 Å². The molecular weight excluding hydrogens is 246 g/mol. The van der Waals surface area contributed by atoms with E-state index in [0.29, 0.717) is 18.2 Å². The minimum Gasteiger partial charge on any atom is -0.496 e. The van der Waals surface area contributed by atoms with E-state index < -0.39 is 5.97 Å². The van der Waals surface area contributed by atoms with Crippen molar-refractivity contribution in [1.82, 2.24) is 5.32 Å². The standard InChI is InChI=1S/C14H17NO4/c1-8-5-11(8)13(16)15-7-9-3-4-10(14(17)18)12(6-9)19-2/h3-4,6,8,11H,5,7H2,1-2H3,(H,15,16)(H,17,18)/t8-,11+/m0/s1. The number of rotatable bonds is 5. The fourth-order valence-corrected chi connectivity index (χ4v) is 2.03. The largest absolute Gasteiger partial charge is 0.496 e. The first-order valence-electron chi connectivity index (χ1n) is 6.21. The number of benzene rings is 1. The summed E-state index contributed by atoms with van der Waals surface area (Å²) in [5.41, 5.74) is 0.942. The van der Waals surface area contributed by atoms with E-state index >= 15 is 0 Å². The minimum absolute atomic E-state index is 0.0637. The van der Waals surface area contributed by atoms with Crippen molar-refractivity contribution in [2.45, 2.75) is 19.9 Å². The normalized spacial score (nSPS) is 20.7. The Bertz CT molecular complexity index is 512. The van der Waals surface area contributed by atoms with Crippen molar-refractivity contribution in [3.05, 3.63) is 29.3 Å². The SMILES string of the molecule is COc1cc(CNC(=O)[C@@H]2C[C@@H]2C)ccc1C(=O)O. The Hall–Kier alpha value is -2.04. The van der Waals surface area contributed by atoms with Gasteiger partial charge in [0.1, 0.15) is 11.3 Å². The summed E-state index contributed by atoms with van der Waals surface area (Å²) in [5.74, 6) is -0.0452. The Kier molecular flexibility index (Phi) is 3.74. The molecule has 19 heavy (non-hydrogen) atoms. The van der Waals surface area contributed by atoms with E-state index in [1.165, 1.54) is 13.2 Å². The lowest BCUT2D eigenvalue weighted by Crippen LogP contribution is -2.24. The highest BCUT2D eigenvalue weighted by Crippen LogP contribution is 2.37. The van der Waals surface area contributed by atoms with Gasteiger partial charge in [-0.25, -0.2) is 4.79 Å². The van der Waals surface area contributed by atoms with Gasteiger partial charge < -0.3 is 15.2 Å². The van der Waals surface area contributed by atoms with Crippen LogP contribution in [0.4, 0.5) is 0 Å². The van der Waals surface area contributed by atoms with E-state index in [2.05, 4.69) is 12.2 Å². The van der Waals surface area contributed by atoms with Gasteiger partial charge in [0.15, 0.2) is 0 Å². The molecule has 1 aromatic carbocycles. The molecule has 0 unspecified atom stereocenters. The predicted octanol–water partition coefficient (Wildman–Crippen LogP) is 1.67. The van der Waals surface area contributed by atoms with Crippen LogP contribution in [0.15, 0.2) is 18.2 Å². The van der Waals surface area contributed by atoms with E-state index in [0.717, 1.165) is 12.0 Å². The molecule has 2 atom stereocenters. The van der Waals surface area contributed by atoms with Gasteiger partial charge in [-0.1, -0.05) is 13.0 Å². The number of hydrogen-bond donors (Lipinski definition) is 2. The summed E-state index contributed by atoms with van der Waals surface area (Å²) < 4.78 is 5.04. The lowest BCUT2D eigenvalue weighted by atomic mass is 10.1. The molecular formula is C14H17NO4. The van der Waals surface area contributed by atoms with Crippen molar-refractivity contribution in [1.29, 1.82) is 0 Å². The van der Waals surface area contributed by atoms with Crippen LogP contribution in [0.5, 0.6) is 5.75 Å². The second kappa shape index (κ2) is 5.30. The van der Waals surface area contributed by atoms with Gasteiger partial charge >= 0.3 is 5.97 Å². The first-order valence-corrected chi connectivity index (χ1v) is 6.21. The second-order valence-electron chi connectivity index (χ2n) is 4.88. The maximum Gasteiger partial charge on any atom is 0.339 e. The molecule has 5 nitrogen and oxygen atoms in total. The van der Waals surface area contributed by atoms with Gasteiger partial charge in [-0.05, 0) is 30.0 Å². The lowest BCUT2D eigenvalue weighted by molar-refractivity contribution is -0.122. The topological polar surface area (TPSA) is 75.6 Å². The molecule has 0 aromatic heterocycles. The van der Waals surface area contributed by atoms with Crippen LogP contribution < -0.4 is 10.1 Å². The number of nitrogens with one attached hydrogen (secondary N) is 1. The molecule has 2 rings (SSSR count). The lowest BCUT2D eigenvalue weighted by Gasteiger charge is -2.09. The Balaban J connectivity index is 2.01. The number of carbonyl (C=O) groups is 2. The first-order chi connectivity index (χ1) is 9.02. The van der Waals surface area contributed by atoms with Crippen LogP contribution in [0.2, 0.25) is 0 Å². The summed E-state index contributed by atoms with van der Waals surface area (Å²) in [5, 5.41) is 11.8. The summed E-state index contributed by atoms with van der Waals surface area (Å²) >= 11 is 0. The zero-order valence-electron chi connectivity index (χ0n) is 11.0. The van der Waals surface area contributed by atoms with E-state index in [9.17, 15) is 9.59 Å². The molecule has 1 aromatic rings. The van der Waals surface area contributed by atoms with Crippen molar-refractivity contribution in [2.75, 3.05) is 7.11 Å². The molecule has 1 aliphatic carbocycles. The first kappa shape index (κ1) is 13.4. The quantitative estimate of drug-likeness (QED) is 0.847. The van der Waals surface area contributed by atoms with Crippen LogP contribution in [-0.4, -0.2) is 24.1 Å². The molecule has 1 aliphatic rings. The molecule has 0 spiro atoms. The van der Waals surface area contributed by atoms with E-state index in [1.807, 2.05) is 0 Å². The zero-order chi connectivity index (χ0) is 14.0. The third-order valence-corrected chi connectivity index (χ3v) is 3.41. The molecule has 0 heterocycles. The number of aromatic carboxylic acids is 1. The molecule has 0 radical (unpaired) electrons. The molecule has 0 bridgehead atoms. The van der Waals surface area contributed by atoms with E-state index in [-0.39, 0.29) is 17.4 Å². The smallest absolute Gasteiger partial charge is 0.339 e. The number of carboxylic acids is 1. The molecule has 5 heteroatoms. The van der Waals surface area contributed by atoms with Crippen LogP contribution in [0.1, 0.15) is 29.3 Å².